The van der Waals surface area contributed by atoms with Crippen LogP contribution < -0.4 is 16.4 Å². The fourth-order valence-corrected chi connectivity index (χ4v) is 3.30. The molecule has 1 aromatic carbocycles. The second-order valence-electron chi connectivity index (χ2n) is 8.09. The van der Waals surface area contributed by atoms with Gasteiger partial charge < -0.3 is 21.4 Å². The first-order valence-corrected chi connectivity index (χ1v) is 11.7. The number of imidazole rings is 1. The van der Waals surface area contributed by atoms with Gasteiger partial charge in [0.1, 0.15) is 17.1 Å². The molecule has 0 aliphatic carbocycles. The van der Waals surface area contributed by atoms with Crippen molar-refractivity contribution in [1.82, 2.24) is 20.3 Å². The van der Waals surface area contributed by atoms with Gasteiger partial charge in [-0.2, -0.15) is 13.2 Å². The third-order valence-electron chi connectivity index (χ3n) is 5.27. The molecule has 38 heavy (non-hydrogen) atoms. The Morgan fingerprint density at radius 1 is 1.21 bits per heavy atom. The van der Waals surface area contributed by atoms with Gasteiger partial charge in [-0.25, -0.2) is 9.98 Å². The predicted octanol–water partition coefficient (Wildman–Crippen LogP) is 5.35. The first-order valence-electron chi connectivity index (χ1n) is 11.7. The zero-order valence-corrected chi connectivity index (χ0v) is 21.2. The van der Waals surface area contributed by atoms with E-state index in [0.29, 0.717) is 28.6 Å². The number of nitrogens with two attached hydrogens (primary N) is 1. The number of rotatable bonds is 8. The molecule has 0 fully saturated rings. The number of aryl methyl sites for hydroxylation is 1. The van der Waals surface area contributed by atoms with Crippen LogP contribution in [0.15, 0.2) is 78.5 Å². The topological polar surface area (TPSA) is 104 Å². The van der Waals surface area contributed by atoms with Crippen LogP contribution in [0, 0.1) is 18.8 Å². The number of aromatic nitrogens is 3. The minimum Gasteiger partial charge on any atom is -0.405 e. The Labute approximate surface area is 219 Å². The molecule has 5 N–H and O–H groups in total. The van der Waals surface area contributed by atoms with E-state index in [1.54, 1.807) is 37.7 Å². The monoisotopic (exact) mass is 519 g/mol. The SMILES string of the molecule is C=C(Nc1ccc(C)c(C#Cc2cnc(C(C=CN)=N/C(=C/NC)CC)[nH]2)c1)c1ccnc(C(F)(F)F)c1. The average Bonchev–Trinajstić information content (AvgIpc) is 3.37. The van der Waals surface area contributed by atoms with Crippen molar-refractivity contribution in [3.63, 3.8) is 0 Å². The molecule has 0 aliphatic heterocycles. The van der Waals surface area contributed by atoms with E-state index in [2.05, 4.69) is 49.0 Å². The lowest BCUT2D eigenvalue weighted by atomic mass is 10.1. The highest BCUT2D eigenvalue weighted by atomic mass is 19.4. The molecule has 0 unspecified atom stereocenters. The number of pyridine rings is 1. The van der Waals surface area contributed by atoms with Gasteiger partial charge in [-0.15, -0.1) is 0 Å². The van der Waals surface area contributed by atoms with Crippen LogP contribution >= 0.6 is 0 Å². The van der Waals surface area contributed by atoms with Crippen molar-refractivity contribution in [2.75, 3.05) is 12.4 Å². The summed E-state index contributed by atoms with van der Waals surface area (Å²) in [7, 11) is 1.80. The third-order valence-corrected chi connectivity index (χ3v) is 5.27. The Morgan fingerprint density at radius 3 is 2.68 bits per heavy atom. The van der Waals surface area contributed by atoms with Crippen LogP contribution in [-0.4, -0.2) is 27.7 Å². The Morgan fingerprint density at radius 2 is 2.00 bits per heavy atom. The van der Waals surface area contributed by atoms with Gasteiger partial charge in [-0.05, 0) is 61.4 Å². The fourth-order valence-electron chi connectivity index (χ4n) is 3.30. The summed E-state index contributed by atoms with van der Waals surface area (Å²) in [4.78, 5) is 15.5. The van der Waals surface area contributed by atoms with Gasteiger partial charge >= 0.3 is 6.18 Å². The lowest BCUT2D eigenvalue weighted by Crippen LogP contribution is -2.09. The first kappa shape index (κ1) is 27.8. The van der Waals surface area contributed by atoms with E-state index < -0.39 is 11.9 Å². The molecule has 0 bridgehead atoms. The van der Waals surface area contributed by atoms with Gasteiger partial charge in [0.15, 0.2) is 5.82 Å². The van der Waals surface area contributed by atoms with E-state index in [1.165, 1.54) is 12.3 Å². The minimum atomic E-state index is -4.54. The predicted molar refractivity (Wildman–Crippen MR) is 145 cm³/mol. The molecule has 0 saturated carbocycles. The van der Waals surface area contributed by atoms with Crippen molar-refractivity contribution in [2.45, 2.75) is 26.4 Å². The molecule has 0 aliphatic rings. The number of H-pyrrole nitrogens is 1. The summed E-state index contributed by atoms with van der Waals surface area (Å²) in [6, 6.07) is 7.89. The van der Waals surface area contributed by atoms with Crippen molar-refractivity contribution in [3.05, 3.63) is 107 Å². The van der Waals surface area contributed by atoms with E-state index in [9.17, 15) is 13.2 Å². The average molecular weight is 520 g/mol. The van der Waals surface area contributed by atoms with Crippen LogP contribution in [0.1, 0.15) is 47.2 Å². The summed E-state index contributed by atoms with van der Waals surface area (Å²) in [6.45, 7) is 7.78. The van der Waals surface area contributed by atoms with Crippen molar-refractivity contribution in [3.8, 4) is 11.8 Å². The van der Waals surface area contributed by atoms with Crippen LogP contribution in [0.5, 0.6) is 0 Å². The number of nitrogens with one attached hydrogen (secondary N) is 3. The number of hydrogen-bond donors (Lipinski definition) is 4. The van der Waals surface area contributed by atoms with Gasteiger partial charge in [0.2, 0.25) is 0 Å². The van der Waals surface area contributed by atoms with Crippen LogP contribution in [0.25, 0.3) is 5.70 Å². The Kier molecular flexibility index (Phi) is 9.11. The molecule has 2 heterocycles. The molecule has 3 aromatic rings. The quantitative estimate of drug-likeness (QED) is 0.237. The first-order chi connectivity index (χ1) is 18.1. The lowest BCUT2D eigenvalue weighted by molar-refractivity contribution is -0.141. The largest absolute Gasteiger partial charge is 0.433 e. The molecule has 0 amide bonds. The molecule has 0 atom stereocenters. The minimum absolute atomic E-state index is 0.283. The van der Waals surface area contributed by atoms with Crippen LogP contribution in [-0.2, 0) is 6.18 Å². The zero-order valence-electron chi connectivity index (χ0n) is 21.2. The molecular weight excluding hydrogens is 491 g/mol. The van der Waals surface area contributed by atoms with Crippen molar-refractivity contribution >= 4 is 17.1 Å². The van der Waals surface area contributed by atoms with Gasteiger partial charge in [-0.3, -0.25) is 4.98 Å². The van der Waals surface area contributed by atoms with Crippen molar-refractivity contribution in [1.29, 1.82) is 0 Å². The lowest BCUT2D eigenvalue weighted by Gasteiger charge is -2.13. The maximum atomic E-state index is 13.0. The summed E-state index contributed by atoms with van der Waals surface area (Å²) in [5, 5.41) is 6.01. The number of halogens is 3. The molecule has 0 spiro atoms. The van der Waals surface area contributed by atoms with Gasteiger partial charge in [-0.1, -0.05) is 25.5 Å². The Balaban J connectivity index is 1.82. The Bertz CT molecular complexity index is 1450. The van der Waals surface area contributed by atoms with E-state index >= 15 is 0 Å². The molecule has 0 radical (unpaired) electrons. The maximum Gasteiger partial charge on any atom is 0.433 e. The van der Waals surface area contributed by atoms with E-state index in [0.717, 1.165) is 35.5 Å². The number of hydrogen-bond acceptors (Lipinski definition) is 6. The van der Waals surface area contributed by atoms with Crippen LogP contribution in [0.3, 0.4) is 0 Å². The number of aromatic amines is 1. The zero-order chi connectivity index (χ0) is 27.7. The molecule has 7 nitrogen and oxygen atoms in total. The summed E-state index contributed by atoms with van der Waals surface area (Å²) < 4.78 is 39.0. The molecule has 3 rings (SSSR count). The highest BCUT2D eigenvalue weighted by Gasteiger charge is 2.32. The molecule has 196 valence electrons. The number of aliphatic imine (C=N–C) groups is 1. The van der Waals surface area contributed by atoms with Gasteiger partial charge in [0.05, 0.1) is 11.9 Å². The van der Waals surface area contributed by atoms with Crippen LogP contribution in [0.4, 0.5) is 18.9 Å². The normalized spacial score (nSPS) is 12.3. The summed E-state index contributed by atoms with van der Waals surface area (Å²) in [5.41, 5.74) is 9.45. The highest BCUT2D eigenvalue weighted by Crippen LogP contribution is 2.29. The summed E-state index contributed by atoms with van der Waals surface area (Å²) >= 11 is 0. The fraction of sp³-hybridized carbons (Fsp3) is 0.179. The highest BCUT2D eigenvalue weighted by molar-refractivity contribution is 6.06. The number of benzene rings is 1. The molecule has 2 aromatic heterocycles. The maximum absolute atomic E-state index is 13.0. The number of anilines is 1. The summed E-state index contributed by atoms with van der Waals surface area (Å²) in [6.07, 6.45) is 3.75. The number of allylic oxidation sites excluding steroid dienone is 2. The second-order valence-corrected chi connectivity index (χ2v) is 8.09. The van der Waals surface area contributed by atoms with Crippen molar-refractivity contribution in [2.24, 2.45) is 10.7 Å². The van der Waals surface area contributed by atoms with E-state index in [-0.39, 0.29) is 5.56 Å². The van der Waals surface area contributed by atoms with Gasteiger partial charge in [0, 0.05) is 42.0 Å². The van der Waals surface area contributed by atoms with Crippen LogP contribution in [0.2, 0.25) is 0 Å². The van der Waals surface area contributed by atoms with Crippen molar-refractivity contribution < 1.29 is 13.2 Å². The number of alkyl halides is 3. The standard InChI is InChI=1S/C28H28F3N7/c1-5-22(16-33-4)37-25(10-12-32)27-35-17-24(38-27)9-7-20-14-23(8-6-18(20)2)36-19(3)21-11-13-34-26(15-21)28(29,30)31/h6,8,10-17,33,36H,3,5,32H2,1-2,4H3,(H,35,38)/b12-10?,22-16+,37-25?. The third kappa shape index (κ3) is 7.36. The van der Waals surface area contributed by atoms with Gasteiger partial charge in [0.25, 0.3) is 0 Å². The summed E-state index contributed by atoms with van der Waals surface area (Å²) in [5.74, 6) is 6.69. The van der Waals surface area contributed by atoms with E-state index in [1.807, 2.05) is 19.9 Å². The molecular formula is C28H28F3N7. The second kappa shape index (κ2) is 12.5. The van der Waals surface area contributed by atoms with E-state index in [4.69, 9.17) is 5.73 Å². The smallest absolute Gasteiger partial charge is 0.405 e. The molecule has 0 saturated heterocycles. The number of nitrogens with zero attached hydrogens (tertiary/aromatic N) is 3. The molecule has 10 heteroatoms. The Hall–Kier alpha value is -4.78.